The molecule has 0 radical (unpaired) electrons. The summed E-state index contributed by atoms with van der Waals surface area (Å²) in [5.74, 6) is 0.817. The molecule has 6 bridgehead atoms. The predicted molar refractivity (Wildman–Crippen MR) is 167 cm³/mol. The smallest absolute Gasteiger partial charge is 0.321 e. The van der Waals surface area contributed by atoms with Crippen LogP contribution in [-0.2, 0) is 17.6 Å². The first-order chi connectivity index (χ1) is 20.9. The van der Waals surface area contributed by atoms with E-state index in [0.29, 0.717) is 28.0 Å². The van der Waals surface area contributed by atoms with Crippen LogP contribution in [0.2, 0.25) is 5.02 Å². The second-order valence-electron chi connectivity index (χ2n) is 10.1. The van der Waals surface area contributed by atoms with Gasteiger partial charge in [-0.2, -0.15) is 10.2 Å². The Morgan fingerprint density at radius 2 is 1.77 bits per heavy atom. The Hall–Kier alpha value is -5.21. The third-order valence-corrected chi connectivity index (χ3v) is 7.12. The molecule has 1 fully saturated rings. The summed E-state index contributed by atoms with van der Waals surface area (Å²) in [7, 11) is 0. The number of para-hydroxylation sites is 1. The van der Waals surface area contributed by atoms with Crippen LogP contribution < -0.4 is 21.3 Å². The number of carbonyl (C=O) groups is 2. The first-order valence-corrected chi connectivity index (χ1v) is 14.2. The second-order valence-corrected chi connectivity index (χ2v) is 10.5. The Kier molecular flexibility index (Phi) is 9.29. The number of nitrogens with zero attached hydrogens (tertiary/aromatic N) is 5. The van der Waals surface area contributed by atoms with Crippen molar-refractivity contribution in [3.8, 4) is 6.07 Å². The summed E-state index contributed by atoms with van der Waals surface area (Å²) < 4.78 is 0. The summed E-state index contributed by atoms with van der Waals surface area (Å²) in [5.41, 5.74) is 5.58. The lowest BCUT2D eigenvalue weighted by molar-refractivity contribution is -0.114. The van der Waals surface area contributed by atoms with Gasteiger partial charge in [0, 0.05) is 37.6 Å². The Balaban J connectivity index is 0.000000196. The van der Waals surface area contributed by atoms with Crippen molar-refractivity contribution in [2.45, 2.75) is 32.6 Å². The van der Waals surface area contributed by atoms with E-state index in [-0.39, 0.29) is 11.9 Å². The van der Waals surface area contributed by atoms with Crippen LogP contribution in [0.3, 0.4) is 0 Å². The van der Waals surface area contributed by atoms with Gasteiger partial charge in [0.15, 0.2) is 5.82 Å². The maximum absolute atomic E-state index is 11.8. The fraction of sp³-hybridized carbons (Fsp3) is 0.226. The molecule has 0 spiro atoms. The van der Waals surface area contributed by atoms with E-state index in [1.807, 2.05) is 30.5 Å². The molecule has 6 rings (SSSR count). The van der Waals surface area contributed by atoms with Gasteiger partial charge in [-0.3, -0.25) is 9.78 Å². The van der Waals surface area contributed by atoms with E-state index in [0.717, 1.165) is 67.0 Å². The molecular weight excluding hydrogens is 566 g/mol. The fourth-order valence-electron chi connectivity index (χ4n) is 4.75. The van der Waals surface area contributed by atoms with Gasteiger partial charge < -0.3 is 26.2 Å². The minimum Gasteiger partial charge on any atom is -0.339 e. The third-order valence-electron chi connectivity index (χ3n) is 6.84. The van der Waals surface area contributed by atoms with E-state index in [2.05, 4.69) is 42.3 Å². The summed E-state index contributed by atoms with van der Waals surface area (Å²) >= 11 is 6.25. The Morgan fingerprint density at radius 1 is 0.953 bits per heavy atom. The molecule has 2 aliphatic heterocycles. The van der Waals surface area contributed by atoms with Gasteiger partial charge in [0.1, 0.15) is 11.1 Å². The zero-order valence-corrected chi connectivity index (χ0v) is 24.3. The first-order valence-electron chi connectivity index (χ1n) is 13.8. The van der Waals surface area contributed by atoms with Crippen LogP contribution in [-0.4, -0.2) is 44.9 Å². The monoisotopic (exact) mass is 595 g/mol. The maximum Gasteiger partial charge on any atom is 0.321 e. The molecule has 2 aromatic carbocycles. The topological polar surface area (TPSA) is 148 Å². The van der Waals surface area contributed by atoms with Crippen molar-refractivity contribution in [3.63, 3.8) is 0 Å². The highest BCUT2D eigenvalue weighted by Crippen LogP contribution is 2.29. The number of hydrogen-bond donors (Lipinski definition) is 4. The maximum atomic E-state index is 11.8. The number of pyridine rings is 1. The zero-order chi connectivity index (χ0) is 30.2. The van der Waals surface area contributed by atoms with Crippen molar-refractivity contribution in [1.82, 2.24) is 19.9 Å². The molecule has 3 amide bonds. The number of nitriles is 1. The van der Waals surface area contributed by atoms with Gasteiger partial charge in [-0.15, -0.1) is 0 Å². The highest BCUT2D eigenvalue weighted by atomic mass is 35.5. The number of rotatable bonds is 2. The van der Waals surface area contributed by atoms with Gasteiger partial charge in [-0.25, -0.2) is 9.78 Å². The standard InChI is InChI=1S/C19H17ClN6O.C12H13N3O/c1-11(27)23-17-5-4-14-7-13(17)3-2-12-6-15(9-21-8-12)25-19-22-10-16(20)18(24-14)26-19;13-9-10-5-1-2-6-11(10)14-12(16)15-7-3-4-8-15/h4-10H,2-3H2,1H3,(H,23,27)(H2,22,24,25,26);1-2,5-6H,3-4,7-8H2,(H,14,16). The Bertz CT molecular complexity index is 1680. The summed E-state index contributed by atoms with van der Waals surface area (Å²) in [6.45, 7) is 3.11. The van der Waals surface area contributed by atoms with E-state index < -0.39 is 0 Å². The largest absolute Gasteiger partial charge is 0.339 e. The average Bonchev–Trinajstić information content (AvgIpc) is 3.55. The summed E-state index contributed by atoms with van der Waals surface area (Å²) in [5, 5.41) is 21.3. The summed E-state index contributed by atoms with van der Waals surface area (Å²) in [6.07, 6.45) is 8.74. The van der Waals surface area contributed by atoms with Crippen LogP contribution in [0.1, 0.15) is 36.5 Å². The molecule has 12 heteroatoms. The molecule has 1 saturated heterocycles. The Morgan fingerprint density at radius 3 is 2.56 bits per heavy atom. The van der Waals surface area contributed by atoms with Crippen LogP contribution in [0.25, 0.3) is 0 Å². The number of anilines is 6. The molecule has 2 aliphatic rings. The number of aromatic nitrogens is 3. The molecule has 0 unspecified atom stereocenters. The van der Waals surface area contributed by atoms with Crippen LogP contribution in [0.5, 0.6) is 0 Å². The normalized spacial score (nSPS) is 13.3. The number of aryl methyl sites for hydroxylation is 2. The van der Waals surface area contributed by atoms with E-state index in [1.54, 1.807) is 41.6 Å². The van der Waals surface area contributed by atoms with Crippen LogP contribution in [0.4, 0.5) is 39.3 Å². The van der Waals surface area contributed by atoms with Crippen LogP contribution >= 0.6 is 11.6 Å². The number of fused-ring (bicyclic) bond motifs is 6. The minimum atomic E-state index is -0.111. The second kappa shape index (κ2) is 13.6. The highest BCUT2D eigenvalue weighted by Gasteiger charge is 2.18. The van der Waals surface area contributed by atoms with Gasteiger partial charge >= 0.3 is 6.03 Å². The summed E-state index contributed by atoms with van der Waals surface area (Å²) in [4.78, 5) is 38.1. The van der Waals surface area contributed by atoms with Gasteiger partial charge in [-0.1, -0.05) is 23.7 Å². The molecule has 0 aliphatic carbocycles. The molecule has 11 nitrogen and oxygen atoms in total. The number of nitrogens with one attached hydrogen (secondary N) is 4. The molecule has 2 aromatic heterocycles. The van der Waals surface area contributed by atoms with Gasteiger partial charge in [0.2, 0.25) is 11.9 Å². The van der Waals surface area contributed by atoms with Crippen molar-refractivity contribution < 1.29 is 9.59 Å². The van der Waals surface area contributed by atoms with Crippen molar-refractivity contribution in [2.75, 3.05) is 34.4 Å². The zero-order valence-electron chi connectivity index (χ0n) is 23.5. The summed E-state index contributed by atoms with van der Waals surface area (Å²) in [6, 6.07) is 16.7. The lowest BCUT2D eigenvalue weighted by Crippen LogP contribution is -2.32. The molecule has 43 heavy (non-hydrogen) atoms. The lowest BCUT2D eigenvalue weighted by Gasteiger charge is -2.16. The number of hydrogen-bond acceptors (Lipinski definition) is 8. The molecule has 218 valence electrons. The molecule has 0 atom stereocenters. The SMILES string of the molecule is CC(=O)Nc1ccc2cc1CCc1cncc(c1)Nc1ncc(Cl)c(n1)N2.N#Cc1ccccc1NC(=O)N1CCCC1. The quantitative estimate of drug-likeness (QED) is 0.212. The molecule has 4 heterocycles. The molecule has 4 aromatic rings. The van der Waals surface area contributed by atoms with E-state index in [4.69, 9.17) is 16.9 Å². The van der Waals surface area contributed by atoms with Crippen molar-refractivity contribution >= 4 is 58.1 Å². The molecular formula is C31H30ClN9O2. The number of urea groups is 1. The van der Waals surface area contributed by atoms with E-state index in [9.17, 15) is 9.59 Å². The van der Waals surface area contributed by atoms with Crippen molar-refractivity contribution in [1.29, 1.82) is 5.26 Å². The first kappa shape index (κ1) is 29.3. The average molecular weight is 596 g/mol. The van der Waals surface area contributed by atoms with Crippen LogP contribution in [0.15, 0.2) is 67.1 Å². The third kappa shape index (κ3) is 7.75. The lowest BCUT2D eigenvalue weighted by atomic mass is 10.0. The van der Waals surface area contributed by atoms with Crippen molar-refractivity contribution in [3.05, 3.63) is 88.8 Å². The highest BCUT2D eigenvalue weighted by molar-refractivity contribution is 6.32. The number of carbonyl (C=O) groups excluding carboxylic acids is 2. The Labute approximate surface area is 254 Å². The number of amides is 3. The number of likely N-dealkylation sites (tertiary alicyclic amines) is 1. The van der Waals surface area contributed by atoms with Gasteiger partial charge in [-0.05, 0) is 73.2 Å². The predicted octanol–water partition coefficient (Wildman–Crippen LogP) is 6.26. The van der Waals surface area contributed by atoms with E-state index >= 15 is 0 Å². The number of halogens is 1. The molecule has 4 N–H and O–H groups in total. The van der Waals surface area contributed by atoms with E-state index in [1.165, 1.54) is 6.92 Å². The minimum absolute atomic E-state index is 0.105. The van der Waals surface area contributed by atoms with Gasteiger partial charge in [0.25, 0.3) is 0 Å². The van der Waals surface area contributed by atoms with Gasteiger partial charge in [0.05, 0.1) is 29.3 Å². The van der Waals surface area contributed by atoms with Crippen LogP contribution in [0, 0.1) is 11.3 Å². The fourth-order valence-corrected chi connectivity index (χ4v) is 4.88. The molecule has 0 saturated carbocycles. The number of benzene rings is 2. The van der Waals surface area contributed by atoms with Crippen molar-refractivity contribution in [2.24, 2.45) is 0 Å².